The molecular weight excluding hydrogens is 310 g/mol. The predicted molar refractivity (Wildman–Crippen MR) is 90.5 cm³/mol. The van der Waals surface area contributed by atoms with E-state index in [2.05, 4.69) is 9.98 Å². The molecule has 8 nitrogen and oxygen atoms in total. The topological polar surface area (TPSA) is 108 Å². The molecule has 1 aromatic heterocycles. The Morgan fingerprint density at radius 1 is 1.21 bits per heavy atom. The van der Waals surface area contributed by atoms with Gasteiger partial charge in [0.2, 0.25) is 5.90 Å². The zero-order valence-corrected chi connectivity index (χ0v) is 14.0. The SMILES string of the molecule is COc1ccc(-n2cnc(C3=NC(C)(C)OC3=N)c2N)cc1OC. The number of nitrogens with two attached hydrogens (primary N) is 1. The zero-order valence-electron chi connectivity index (χ0n) is 14.0. The third kappa shape index (κ3) is 2.55. The number of hydrogen-bond donors (Lipinski definition) is 2. The molecule has 0 unspecified atom stereocenters. The van der Waals surface area contributed by atoms with Crippen molar-refractivity contribution in [2.75, 3.05) is 20.0 Å². The van der Waals surface area contributed by atoms with Gasteiger partial charge in [-0.25, -0.2) is 9.98 Å². The fraction of sp³-hybridized carbons (Fsp3) is 0.312. The molecule has 0 aliphatic carbocycles. The van der Waals surface area contributed by atoms with Crippen molar-refractivity contribution in [2.24, 2.45) is 4.99 Å². The van der Waals surface area contributed by atoms with Gasteiger partial charge in [0.05, 0.1) is 19.9 Å². The number of nitrogens with zero attached hydrogens (tertiary/aromatic N) is 3. The van der Waals surface area contributed by atoms with Gasteiger partial charge in [-0.05, 0) is 26.0 Å². The van der Waals surface area contributed by atoms with Crippen LogP contribution in [-0.4, -0.2) is 41.1 Å². The van der Waals surface area contributed by atoms with E-state index >= 15 is 0 Å². The summed E-state index contributed by atoms with van der Waals surface area (Å²) in [5.41, 5.74) is 6.96. The van der Waals surface area contributed by atoms with Crippen LogP contribution in [-0.2, 0) is 4.74 Å². The highest BCUT2D eigenvalue weighted by Gasteiger charge is 2.34. The number of methoxy groups -OCH3 is 2. The molecule has 0 atom stereocenters. The molecule has 24 heavy (non-hydrogen) atoms. The summed E-state index contributed by atoms with van der Waals surface area (Å²) in [4.78, 5) is 8.67. The molecule has 0 radical (unpaired) electrons. The third-order valence-electron chi connectivity index (χ3n) is 3.62. The van der Waals surface area contributed by atoms with Gasteiger partial charge in [-0.1, -0.05) is 0 Å². The predicted octanol–water partition coefficient (Wildman–Crippen LogP) is 2.00. The van der Waals surface area contributed by atoms with Crippen LogP contribution in [0.2, 0.25) is 0 Å². The highest BCUT2D eigenvalue weighted by Crippen LogP contribution is 2.31. The summed E-state index contributed by atoms with van der Waals surface area (Å²) >= 11 is 0. The fourth-order valence-corrected chi connectivity index (χ4v) is 2.52. The average molecular weight is 329 g/mol. The van der Waals surface area contributed by atoms with Crippen molar-refractivity contribution in [1.82, 2.24) is 9.55 Å². The first-order valence-corrected chi connectivity index (χ1v) is 7.29. The molecule has 0 fully saturated rings. The Morgan fingerprint density at radius 2 is 1.92 bits per heavy atom. The smallest absolute Gasteiger partial charge is 0.236 e. The van der Waals surface area contributed by atoms with E-state index in [1.807, 2.05) is 6.07 Å². The summed E-state index contributed by atoms with van der Waals surface area (Å²) in [5, 5.41) is 7.93. The molecule has 0 saturated heterocycles. The normalized spacial score (nSPS) is 15.8. The third-order valence-corrected chi connectivity index (χ3v) is 3.62. The second-order valence-corrected chi connectivity index (χ2v) is 5.73. The fourth-order valence-electron chi connectivity index (χ4n) is 2.52. The van der Waals surface area contributed by atoms with Gasteiger partial charge in [-0.15, -0.1) is 0 Å². The van der Waals surface area contributed by atoms with E-state index in [-0.39, 0.29) is 5.90 Å². The Balaban J connectivity index is 2.04. The highest BCUT2D eigenvalue weighted by atomic mass is 16.5. The van der Waals surface area contributed by atoms with Gasteiger partial charge < -0.3 is 19.9 Å². The van der Waals surface area contributed by atoms with Gasteiger partial charge in [-0.2, -0.15) is 0 Å². The Morgan fingerprint density at radius 3 is 2.50 bits per heavy atom. The second-order valence-electron chi connectivity index (χ2n) is 5.73. The van der Waals surface area contributed by atoms with Crippen LogP contribution >= 0.6 is 0 Å². The number of ether oxygens (including phenoxy) is 3. The standard InChI is InChI=1S/C16H19N5O3/c1-16(2)20-13(15(18)24-16)12-14(17)21(8-19-12)9-5-6-10(22-3)11(7-9)23-4/h5-8,18H,17H2,1-4H3. The number of nitrogen functional groups attached to an aromatic ring is 1. The molecule has 3 rings (SSSR count). The number of anilines is 1. The van der Waals surface area contributed by atoms with E-state index in [1.54, 1.807) is 51.1 Å². The number of aromatic nitrogens is 2. The molecule has 2 heterocycles. The lowest BCUT2D eigenvalue weighted by Crippen LogP contribution is -2.19. The monoisotopic (exact) mass is 329 g/mol. The minimum Gasteiger partial charge on any atom is -0.493 e. The molecule has 0 saturated carbocycles. The first kappa shape index (κ1) is 15.9. The summed E-state index contributed by atoms with van der Waals surface area (Å²) in [6, 6.07) is 5.42. The summed E-state index contributed by atoms with van der Waals surface area (Å²) in [6.07, 6.45) is 1.58. The molecule has 1 aromatic carbocycles. The molecule has 0 bridgehead atoms. The van der Waals surface area contributed by atoms with E-state index < -0.39 is 5.72 Å². The first-order valence-electron chi connectivity index (χ1n) is 7.29. The lowest BCUT2D eigenvalue weighted by atomic mass is 10.2. The maximum absolute atomic E-state index is 7.93. The molecule has 126 valence electrons. The van der Waals surface area contributed by atoms with Crippen molar-refractivity contribution in [2.45, 2.75) is 19.6 Å². The van der Waals surface area contributed by atoms with Gasteiger partial charge in [0.15, 0.2) is 22.9 Å². The van der Waals surface area contributed by atoms with Crippen LogP contribution in [0.5, 0.6) is 11.5 Å². The van der Waals surface area contributed by atoms with E-state index in [1.165, 1.54) is 0 Å². The summed E-state index contributed by atoms with van der Waals surface area (Å²) in [5.74, 6) is 1.54. The van der Waals surface area contributed by atoms with Crippen molar-refractivity contribution < 1.29 is 14.2 Å². The van der Waals surface area contributed by atoms with E-state index in [0.29, 0.717) is 28.7 Å². The first-order chi connectivity index (χ1) is 11.4. The Hall–Kier alpha value is -3.03. The highest BCUT2D eigenvalue weighted by molar-refractivity contribution is 6.46. The molecule has 3 N–H and O–H groups in total. The van der Waals surface area contributed by atoms with Gasteiger partial charge in [-0.3, -0.25) is 9.98 Å². The van der Waals surface area contributed by atoms with Gasteiger partial charge in [0.25, 0.3) is 0 Å². The van der Waals surface area contributed by atoms with Crippen LogP contribution < -0.4 is 15.2 Å². The number of imidazole rings is 1. The maximum atomic E-state index is 7.93. The Kier molecular flexibility index (Phi) is 3.67. The van der Waals surface area contributed by atoms with Gasteiger partial charge in [0.1, 0.15) is 17.8 Å². The van der Waals surface area contributed by atoms with Crippen molar-refractivity contribution in [3.63, 3.8) is 0 Å². The van der Waals surface area contributed by atoms with Crippen LogP contribution in [0.15, 0.2) is 29.5 Å². The largest absolute Gasteiger partial charge is 0.493 e. The Labute approximate surface area is 139 Å². The summed E-state index contributed by atoms with van der Waals surface area (Å²) < 4.78 is 17.6. The molecule has 2 aromatic rings. The number of aliphatic imine (C=N–C) groups is 1. The molecule has 0 amide bonds. The van der Waals surface area contributed by atoms with Crippen LogP contribution in [0, 0.1) is 5.41 Å². The van der Waals surface area contributed by atoms with E-state index in [0.717, 1.165) is 5.69 Å². The number of nitrogens with one attached hydrogen (secondary N) is 1. The van der Waals surface area contributed by atoms with Crippen molar-refractivity contribution in [3.8, 4) is 17.2 Å². The Bertz CT molecular complexity index is 838. The van der Waals surface area contributed by atoms with Crippen LogP contribution in [0.25, 0.3) is 5.69 Å². The maximum Gasteiger partial charge on any atom is 0.236 e. The number of rotatable bonds is 4. The average Bonchev–Trinajstić information content (AvgIpc) is 3.05. The quantitative estimate of drug-likeness (QED) is 0.892. The minimum atomic E-state index is -0.786. The zero-order chi connectivity index (χ0) is 17.5. The summed E-state index contributed by atoms with van der Waals surface area (Å²) in [7, 11) is 3.14. The van der Waals surface area contributed by atoms with Crippen LogP contribution in [0.4, 0.5) is 5.82 Å². The molecule has 1 aliphatic rings. The van der Waals surface area contributed by atoms with Crippen LogP contribution in [0.3, 0.4) is 0 Å². The molecule has 8 heteroatoms. The minimum absolute atomic E-state index is 0.0377. The van der Waals surface area contributed by atoms with Gasteiger partial charge >= 0.3 is 0 Å². The van der Waals surface area contributed by atoms with Crippen LogP contribution in [0.1, 0.15) is 19.5 Å². The lowest BCUT2D eigenvalue weighted by molar-refractivity contribution is 0.121. The molecule has 1 aliphatic heterocycles. The van der Waals surface area contributed by atoms with Gasteiger partial charge in [0, 0.05) is 6.07 Å². The molecule has 0 spiro atoms. The van der Waals surface area contributed by atoms with Crippen molar-refractivity contribution in [3.05, 3.63) is 30.2 Å². The van der Waals surface area contributed by atoms with Crippen molar-refractivity contribution >= 4 is 17.4 Å². The van der Waals surface area contributed by atoms with E-state index in [4.69, 9.17) is 25.4 Å². The lowest BCUT2D eigenvalue weighted by Gasteiger charge is -2.12. The molecular formula is C16H19N5O3. The van der Waals surface area contributed by atoms with Crippen molar-refractivity contribution in [1.29, 1.82) is 5.41 Å². The number of benzene rings is 1. The van der Waals surface area contributed by atoms with E-state index in [9.17, 15) is 0 Å². The second kappa shape index (κ2) is 5.55. The summed E-state index contributed by atoms with van der Waals surface area (Å²) in [6.45, 7) is 3.55. The number of hydrogen-bond acceptors (Lipinski definition) is 7.